The van der Waals surface area contributed by atoms with Gasteiger partial charge >= 0.3 is 5.97 Å². The van der Waals surface area contributed by atoms with Crippen LogP contribution >= 0.6 is 0 Å². The number of carbonyl (C=O) groups is 1. The lowest BCUT2D eigenvalue weighted by Crippen LogP contribution is -2.55. The molecule has 18 heavy (non-hydrogen) atoms. The largest absolute Gasteiger partial charge is 0.480 e. The molecule has 1 saturated carbocycles. The van der Waals surface area contributed by atoms with E-state index in [1.807, 2.05) is 6.92 Å². The fourth-order valence-electron chi connectivity index (χ4n) is 3.99. The Kier molecular flexibility index (Phi) is 3.10. The van der Waals surface area contributed by atoms with Gasteiger partial charge in [0.25, 0.3) is 0 Å². The van der Waals surface area contributed by atoms with Crippen LogP contribution in [0.1, 0.15) is 45.4 Å². The molecule has 3 fully saturated rings. The van der Waals surface area contributed by atoms with Gasteiger partial charge in [-0.15, -0.1) is 0 Å². The van der Waals surface area contributed by atoms with Crippen molar-refractivity contribution in [2.75, 3.05) is 19.6 Å². The first-order chi connectivity index (χ1) is 8.67. The summed E-state index contributed by atoms with van der Waals surface area (Å²) in [5.74, 6) is -0.604. The second-order valence-corrected chi connectivity index (χ2v) is 6.16. The summed E-state index contributed by atoms with van der Waals surface area (Å²) in [4.78, 5) is 16.6. The van der Waals surface area contributed by atoms with Gasteiger partial charge in [-0.25, -0.2) is 0 Å². The lowest BCUT2D eigenvalue weighted by Gasteiger charge is -2.38. The van der Waals surface area contributed by atoms with E-state index in [0.717, 1.165) is 44.8 Å². The minimum absolute atomic E-state index is 0.476. The standard InChI is InChI=1S/C14H24N2O2/c1-2-14(13(17)18)7-3-8-16(14)12-6-9-15(10-12)11-4-5-11/h11-12H,2-10H2,1H3,(H,17,18). The van der Waals surface area contributed by atoms with Crippen LogP contribution in [-0.2, 0) is 4.79 Å². The van der Waals surface area contributed by atoms with Gasteiger partial charge in [0.2, 0.25) is 0 Å². The smallest absolute Gasteiger partial charge is 0.324 e. The molecular weight excluding hydrogens is 228 g/mol. The van der Waals surface area contributed by atoms with Gasteiger partial charge in [0.15, 0.2) is 0 Å². The van der Waals surface area contributed by atoms with E-state index in [9.17, 15) is 9.90 Å². The molecule has 2 saturated heterocycles. The molecule has 2 unspecified atom stereocenters. The molecule has 0 aromatic rings. The fourth-order valence-corrected chi connectivity index (χ4v) is 3.99. The molecule has 2 heterocycles. The van der Waals surface area contributed by atoms with Crippen molar-refractivity contribution in [1.82, 2.24) is 9.80 Å². The molecule has 2 atom stereocenters. The quantitative estimate of drug-likeness (QED) is 0.824. The maximum atomic E-state index is 11.7. The molecule has 0 spiro atoms. The summed E-state index contributed by atoms with van der Waals surface area (Å²) in [5.41, 5.74) is -0.565. The number of likely N-dealkylation sites (tertiary alicyclic amines) is 2. The third-order valence-corrected chi connectivity index (χ3v) is 5.22. The number of carboxylic acid groups (broad SMARTS) is 1. The highest BCUT2D eigenvalue weighted by molar-refractivity contribution is 5.79. The van der Waals surface area contributed by atoms with Gasteiger partial charge in [0.1, 0.15) is 5.54 Å². The summed E-state index contributed by atoms with van der Waals surface area (Å²) >= 11 is 0. The highest BCUT2D eigenvalue weighted by Gasteiger charge is 2.50. The zero-order valence-electron chi connectivity index (χ0n) is 11.3. The third kappa shape index (κ3) is 1.86. The van der Waals surface area contributed by atoms with Crippen LogP contribution in [0.3, 0.4) is 0 Å². The Bertz CT molecular complexity index is 343. The summed E-state index contributed by atoms with van der Waals surface area (Å²) in [7, 11) is 0. The first-order valence-electron chi connectivity index (χ1n) is 7.41. The number of aliphatic carboxylic acids is 1. The van der Waals surface area contributed by atoms with Crippen LogP contribution in [-0.4, -0.2) is 58.1 Å². The second kappa shape index (κ2) is 4.49. The summed E-state index contributed by atoms with van der Waals surface area (Å²) in [6.45, 7) is 5.27. The van der Waals surface area contributed by atoms with E-state index in [1.54, 1.807) is 0 Å². The predicted octanol–water partition coefficient (Wildman–Crippen LogP) is 1.55. The minimum atomic E-state index is -0.604. The Labute approximate surface area is 109 Å². The lowest BCUT2D eigenvalue weighted by molar-refractivity contribution is -0.151. The number of carboxylic acids is 1. The van der Waals surface area contributed by atoms with E-state index in [-0.39, 0.29) is 0 Å². The van der Waals surface area contributed by atoms with Crippen molar-refractivity contribution in [1.29, 1.82) is 0 Å². The number of nitrogens with zero attached hydrogens (tertiary/aromatic N) is 2. The molecule has 1 N–H and O–H groups in total. The summed E-state index contributed by atoms with van der Waals surface area (Å²) in [6, 6.07) is 1.29. The van der Waals surface area contributed by atoms with Crippen molar-refractivity contribution < 1.29 is 9.90 Å². The highest BCUT2D eigenvalue weighted by Crippen LogP contribution is 2.38. The molecule has 2 aliphatic heterocycles. The summed E-state index contributed by atoms with van der Waals surface area (Å²) in [5, 5.41) is 9.63. The van der Waals surface area contributed by atoms with Gasteiger partial charge in [0, 0.05) is 25.2 Å². The normalized spacial score (nSPS) is 38.4. The first-order valence-corrected chi connectivity index (χ1v) is 7.41. The van der Waals surface area contributed by atoms with Crippen molar-refractivity contribution in [3.05, 3.63) is 0 Å². The van der Waals surface area contributed by atoms with Crippen LogP contribution in [0.4, 0.5) is 0 Å². The Balaban J connectivity index is 1.72. The molecule has 4 heteroatoms. The number of hydrogen-bond donors (Lipinski definition) is 1. The van der Waals surface area contributed by atoms with Crippen LogP contribution in [0.2, 0.25) is 0 Å². The maximum Gasteiger partial charge on any atom is 0.324 e. The minimum Gasteiger partial charge on any atom is -0.480 e. The average Bonchev–Trinajstić information content (AvgIpc) is 2.94. The summed E-state index contributed by atoms with van der Waals surface area (Å²) in [6.07, 6.45) is 6.47. The molecular formula is C14H24N2O2. The van der Waals surface area contributed by atoms with E-state index in [4.69, 9.17) is 0 Å². The van der Waals surface area contributed by atoms with Gasteiger partial charge < -0.3 is 5.11 Å². The van der Waals surface area contributed by atoms with E-state index in [1.165, 1.54) is 19.4 Å². The van der Waals surface area contributed by atoms with Gasteiger partial charge in [0.05, 0.1) is 0 Å². The van der Waals surface area contributed by atoms with Crippen molar-refractivity contribution in [3.8, 4) is 0 Å². The number of hydrogen-bond acceptors (Lipinski definition) is 3. The van der Waals surface area contributed by atoms with Crippen LogP contribution < -0.4 is 0 Å². The molecule has 0 bridgehead atoms. The Morgan fingerprint density at radius 2 is 2.06 bits per heavy atom. The Hall–Kier alpha value is -0.610. The second-order valence-electron chi connectivity index (χ2n) is 6.16. The van der Waals surface area contributed by atoms with Crippen molar-refractivity contribution in [2.45, 2.75) is 63.1 Å². The van der Waals surface area contributed by atoms with Gasteiger partial charge in [-0.2, -0.15) is 0 Å². The zero-order chi connectivity index (χ0) is 12.8. The molecule has 0 radical (unpaired) electrons. The maximum absolute atomic E-state index is 11.7. The van der Waals surface area contributed by atoms with E-state index >= 15 is 0 Å². The lowest BCUT2D eigenvalue weighted by atomic mass is 9.91. The van der Waals surface area contributed by atoms with Gasteiger partial charge in [-0.3, -0.25) is 14.6 Å². The Morgan fingerprint density at radius 3 is 2.67 bits per heavy atom. The monoisotopic (exact) mass is 252 g/mol. The van der Waals surface area contributed by atoms with Gasteiger partial charge in [-0.05, 0) is 45.1 Å². The highest BCUT2D eigenvalue weighted by atomic mass is 16.4. The van der Waals surface area contributed by atoms with Crippen molar-refractivity contribution in [3.63, 3.8) is 0 Å². The molecule has 0 aromatic heterocycles. The topological polar surface area (TPSA) is 43.8 Å². The van der Waals surface area contributed by atoms with Gasteiger partial charge in [-0.1, -0.05) is 6.92 Å². The molecule has 0 amide bonds. The van der Waals surface area contributed by atoms with Crippen molar-refractivity contribution >= 4 is 5.97 Å². The molecule has 1 aliphatic carbocycles. The molecule has 0 aromatic carbocycles. The molecule has 3 aliphatic rings. The Morgan fingerprint density at radius 1 is 1.28 bits per heavy atom. The van der Waals surface area contributed by atoms with E-state index in [2.05, 4.69) is 9.80 Å². The van der Waals surface area contributed by atoms with Crippen LogP contribution in [0.15, 0.2) is 0 Å². The molecule has 3 rings (SSSR count). The van der Waals surface area contributed by atoms with Crippen LogP contribution in [0.5, 0.6) is 0 Å². The zero-order valence-corrected chi connectivity index (χ0v) is 11.3. The average molecular weight is 252 g/mol. The molecule has 4 nitrogen and oxygen atoms in total. The first kappa shape index (κ1) is 12.4. The fraction of sp³-hybridized carbons (Fsp3) is 0.929. The third-order valence-electron chi connectivity index (χ3n) is 5.22. The SMILES string of the molecule is CCC1(C(=O)O)CCCN1C1CCN(C2CC2)C1. The van der Waals surface area contributed by atoms with Crippen LogP contribution in [0, 0.1) is 0 Å². The van der Waals surface area contributed by atoms with E-state index in [0.29, 0.717) is 6.04 Å². The predicted molar refractivity (Wildman–Crippen MR) is 69.6 cm³/mol. The van der Waals surface area contributed by atoms with Crippen LogP contribution in [0.25, 0.3) is 0 Å². The summed E-state index contributed by atoms with van der Waals surface area (Å²) < 4.78 is 0. The molecule has 102 valence electrons. The van der Waals surface area contributed by atoms with E-state index < -0.39 is 11.5 Å². The number of rotatable bonds is 4. The van der Waals surface area contributed by atoms with Crippen molar-refractivity contribution in [2.24, 2.45) is 0 Å².